The Morgan fingerprint density at radius 3 is 2.48 bits per heavy atom. The molecule has 2 fully saturated rings. The number of hydrogen-bond acceptors (Lipinski definition) is 4. The summed E-state index contributed by atoms with van der Waals surface area (Å²) in [6.45, 7) is 6.55. The van der Waals surface area contributed by atoms with Gasteiger partial charge in [-0.3, -0.25) is 4.79 Å². The van der Waals surface area contributed by atoms with E-state index in [-0.39, 0.29) is 41.9 Å². The fraction of sp³-hybridized carbons (Fsp3) is 0.591. The van der Waals surface area contributed by atoms with Crippen LogP contribution in [0, 0.1) is 5.92 Å². The second-order valence-electron chi connectivity index (χ2n) is 7.78. The number of piperidine rings is 1. The van der Waals surface area contributed by atoms with Crippen molar-refractivity contribution in [2.45, 2.75) is 39.2 Å². The van der Waals surface area contributed by atoms with Gasteiger partial charge in [-0.15, -0.1) is 24.0 Å². The first-order chi connectivity index (χ1) is 14.6. The molecule has 31 heavy (non-hydrogen) atoms. The molecule has 0 aliphatic carbocycles. The highest BCUT2D eigenvalue weighted by molar-refractivity contribution is 14.0. The van der Waals surface area contributed by atoms with Crippen molar-refractivity contribution in [2.75, 3.05) is 45.2 Å². The Kier molecular flexibility index (Phi) is 10.4. The Labute approximate surface area is 201 Å². The molecular weight excluding hydrogens is 509 g/mol. The first-order valence-corrected chi connectivity index (χ1v) is 10.9. The number of hydrogen-bond donors (Lipinski definition) is 2. The number of guanidine groups is 1. The molecule has 0 saturated carbocycles. The van der Waals surface area contributed by atoms with E-state index in [2.05, 4.69) is 15.5 Å². The van der Waals surface area contributed by atoms with Crippen molar-refractivity contribution in [2.24, 2.45) is 10.9 Å². The minimum absolute atomic E-state index is 0. The van der Waals surface area contributed by atoms with E-state index in [1.807, 2.05) is 36.1 Å². The molecule has 2 saturated heterocycles. The van der Waals surface area contributed by atoms with E-state index in [0.717, 1.165) is 75.6 Å². The van der Waals surface area contributed by atoms with E-state index in [1.54, 1.807) is 0 Å². The van der Waals surface area contributed by atoms with Crippen molar-refractivity contribution in [1.29, 1.82) is 0 Å². The number of esters is 1. The second-order valence-corrected chi connectivity index (χ2v) is 7.78. The first-order valence-electron chi connectivity index (χ1n) is 10.9. The van der Waals surface area contributed by atoms with E-state index in [4.69, 9.17) is 9.73 Å². The number of likely N-dealkylation sites (tertiary alicyclic amines) is 2. The summed E-state index contributed by atoms with van der Waals surface area (Å²) in [5, 5.41) is 6.34. The number of carbonyl (C=O) groups excluding carboxylic acids is 2. The molecule has 0 aromatic heterocycles. The average molecular weight is 543 g/mol. The van der Waals surface area contributed by atoms with Gasteiger partial charge in [-0.05, 0) is 50.3 Å². The van der Waals surface area contributed by atoms with E-state index in [9.17, 15) is 9.59 Å². The number of rotatable bonds is 5. The monoisotopic (exact) mass is 543 g/mol. The fourth-order valence-corrected chi connectivity index (χ4v) is 3.96. The zero-order valence-electron chi connectivity index (χ0n) is 18.4. The molecule has 9 heteroatoms. The van der Waals surface area contributed by atoms with Gasteiger partial charge in [-0.25, -0.2) is 9.79 Å². The first kappa shape index (κ1) is 25.2. The Bertz CT molecular complexity index is 759. The van der Waals surface area contributed by atoms with Gasteiger partial charge in [0.05, 0.1) is 19.6 Å². The summed E-state index contributed by atoms with van der Waals surface area (Å²) in [5.41, 5.74) is 1.83. The molecular formula is C22H34IN5O3. The third kappa shape index (κ3) is 7.26. The lowest BCUT2D eigenvalue weighted by molar-refractivity contribution is -0.146. The number of nitrogens with zero attached hydrogens (tertiary/aromatic N) is 3. The molecule has 2 N–H and O–H groups in total. The van der Waals surface area contributed by atoms with Crippen LogP contribution in [0.3, 0.4) is 0 Å². The molecule has 0 atom stereocenters. The van der Waals surface area contributed by atoms with Crippen LogP contribution in [0.5, 0.6) is 0 Å². The zero-order valence-corrected chi connectivity index (χ0v) is 20.8. The van der Waals surface area contributed by atoms with Gasteiger partial charge in [-0.2, -0.15) is 0 Å². The fourth-order valence-electron chi connectivity index (χ4n) is 3.96. The minimum atomic E-state index is -0.121. The summed E-state index contributed by atoms with van der Waals surface area (Å²) in [7, 11) is 1.45. The number of nitrogens with one attached hydrogen (secondary N) is 2. The predicted octanol–water partition coefficient (Wildman–Crippen LogP) is 3.28. The van der Waals surface area contributed by atoms with E-state index in [0.29, 0.717) is 6.54 Å². The van der Waals surface area contributed by atoms with Crippen molar-refractivity contribution in [3.63, 3.8) is 0 Å². The SMILES string of the molecule is CCNC(=NCc1cccc(NC(=O)N2CCCC2)c1)N1CCC(C(=O)OC)CC1.I. The number of ether oxygens (including phenoxy) is 1. The molecule has 3 rings (SSSR count). The van der Waals surface area contributed by atoms with Crippen LogP contribution in [0.1, 0.15) is 38.2 Å². The summed E-state index contributed by atoms with van der Waals surface area (Å²) in [5.74, 6) is 0.710. The maximum atomic E-state index is 12.3. The third-order valence-electron chi connectivity index (χ3n) is 5.65. The lowest BCUT2D eigenvalue weighted by atomic mass is 9.97. The topological polar surface area (TPSA) is 86.3 Å². The minimum Gasteiger partial charge on any atom is -0.469 e. The number of aliphatic imine (C=N–C) groups is 1. The number of anilines is 1. The van der Waals surface area contributed by atoms with Gasteiger partial charge >= 0.3 is 12.0 Å². The summed E-state index contributed by atoms with van der Waals surface area (Å²) in [4.78, 5) is 32.9. The van der Waals surface area contributed by atoms with Gasteiger partial charge in [0.25, 0.3) is 0 Å². The van der Waals surface area contributed by atoms with Gasteiger partial charge in [0.15, 0.2) is 5.96 Å². The second kappa shape index (κ2) is 12.7. The van der Waals surface area contributed by atoms with E-state index >= 15 is 0 Å². The third-order valence-corrected chi connectivity index (χ3v) is 5.65. The van der Waals surface area contributed by atoms with Crippen molar-refractivity contribution < 1.29 is 14.3 Å². The van der Waals surface area contributed by atoms with Crippen LogP contribution in [0.25, 0.3) is 0 Å². The van der Waals surface area contributed by atoms with Crippen LogP contribution in [-0.4, -0.2) is 67.6 Å². The number of halogens is 1. The van der Waals surface area contributed by atoms with E-state index in [1.165, 1.54) is 7.11 Å². The molecule has 1 aromatic carbocycles. The van der Waals surface area contributed by atoms with Gasteiger partial charge in [-0.1, -0.05) is 12.1 Å². The number of benzene rings is 1. The maximum Gasteiger partial charge on any atom is 0.321 e. The highest BCUT2D eigenvalue weighted by Crippen LogP contribution is 2.19. The van der Waals surface area contributed by atoms with Crippen molar-refractivity contribution in [3.05, 3.63) is 29.8 Å². The molecule has 172 valence electrons. The number of methoxy groups -OCH3 is 1. The maximum absolute atomic E-state index is 12.3. The lowest BCUT2D eigenvalue weighted by Gasteiger charge is -2.33. The largest absolute Gasteiger partial charge is 0.469 e. The Morgan fingerprint density at radius 1 is 1.13 bits per heavy atom. The van der Waals surface area contributed by atoms with Crippen LogP contribution in [0.4, 0.5) is 10.5 Å². The molecule has 1 aromatic rings. The van der Waals surface area contributed by atoms with Crippen LogP contribution in [0.15, 0.2) is 29.3 Å². The smallest absolute Gasteiger partial charge is 0.321 e. The van der Waals surface area contributed by atoms with Gasteiger partial charge < -0.3 is 25.2 Å². The quantitative estimate of drug-likeness (QED) is 0.258. The van der Waals surface area contributed by atoms with Crippen LogP contribution >= 0.6 is 24.0 Å². The number of urea groups is 1. The molecule has 2 aliphatic heterocycles. The van der Waals surface area contributed by atoms with Crippen LogP contribution in [0.2, 0.25) is 0 Å². The summed E-state index contributed by atoms with van der Waals surface area (Å²) in [6, 6.07) is 7.81. The summed E-state index contributed by atoms with van der Waals surface area (Å²) in [6.07, 6.45) is 3.70. The summed E-state index contributed by atoms with van der Waals surface area (Å²) < 4.78 is 4.87. The van der Waals surface area contributed by atoms with Crippen molar-refractivity contribution in [3.8, 4) is 0 Å². The Morgan fingerprint density at radius 2 is 1.84 bits per heavy atom. The van der Waals surface area contributed by atoms with Crippen LogP contribution < -0.4 is 10.6 Å². The molecule has 2 amide bonds. The molecule has 2 aliphatic rings. The van der Waals surface area contributed by atoms with Gasteiger partial charge in [0, 0.05) is 38.4 Å². The molecule has 0 bridgehead atoms. The Balaban J connectivity index is 0.00000341. The van der Waals surface area contributed by atoms with Crippen molar-refractivity contribution in [1.82, 2.24) is 15.1 Å². The number of amides is 2. The molecule has 0 radical (unpaired) electrons. The van der Waals surface area contributed by atoms with Crippen molar-refractivity contribution >= 4 is 47.6 Å². The zero-order chi connectivity index (χ0) is 21.3. The lowest BCUT2D eigenvalue weighted by Crippen LogP contribution is -2.46. The molecule has 0 spiro atoms. The highest BCUT2D eigenvalue weighted by Gasteiger charge is 2.27. The van der Waals surface area contributed by atoms with Gasteiger partial charge in [0.1, 0.15) is 0 Å². The average Bonchev–Trinajstić information content (AvgIpc) is 3.32. The Hall–Kier alpha value is -2.04. The normalized spacial score (nSPS) is 17.2. The highest BCUT2D eigenvalue weighted by atomic mass is 127. The van der Waals surface area contributed by atoms with Crippen LogP contribution in [-0.2, 0) is 16.1 Å². The molecule has 0 unspecified atom stereocenters. The number of carbonyl (C=O) groups is 2. The van der Waals surface area contributed by atoms with Gasteiger partial charge in [0.2, 0.25) is 0 Å². The summed E-state index contributed by atoms with van der Waals surface area (Å²) >= 11 is 0. The standard InChI is InChI=1S/C22H33N5O3.HI/c1-3-23-21(26-13-9-18(10-14-26)20(28)30-2)24-16-17-7-6-8-19(15-17)25-22(29)27-11-4-5-12-27;/h6-8,15,18H,3-5,9-14,16H2,1-2H3,(H,23,24)(H,25,29);1H. The van der Waals surface area contributed by atoms with E-state index < -0.39 is 0 Å². The predicted molar refractivity (Wildman–Crippen MR) is 133 cm³/mol. The molecule has 2 heterocycles. The molecule has 8 nitrogen and oxygen atoms in total.